The molecule has 0 aliphatic rings. The van der Waals surface area contributed by atoms with E-state index in [2.05, 4.69) is 0 Å². The van der Waals surface area contributed by atoms with E-state index in [-0.39, 0.29) is 6.42 Å². The quantitative estimate of drug-likeness (QED) is 0.792. The lowest BCUT2D eigenvalue weighted by Gasteiger charge is -2.02. The maximum Gasteiger partial charge on any atom is 0.307 e. The van der Waals surface area contributed by atoms with Gasteiger partial charge in [0.05, 0.1) is 19.8 Å². The molecule has 4 heteroatoms. The highest BCUT2D eigenvalue weighted by molar-refractivity contribution is 5.96. The molecular weight excluding hydrogens is 268 g/mol. The van der Waals surface area contributed by atoms with Crippen LogP contribution >= 0.6 is 0 Å². The third kappa shape index (κ3) is 2.48. The molecule has 0 saturated heterocycles. The SMILES string of the molecule is COc1ccc(-c2coc3c(CC(=O)O)cccc23)cc1. The maximum absolute atomic E-state index is 10.9. The number of methoxy groups -OCH3 is 1. The average Bonchev–Trinajstić information content (AvgIpc) is 2.92. The summed E-state index contributed by atoms with van der Waals surface area (Å²) in [4.78, 5) is 10.9. The van der Waals surface area contributed by atoms with Gasteiger partial charge in [0, 0.05) is 16.5 Å². The van der Waals surface area contributed by atoms with E-state index in [0.29, 0.717) is 11.1 Å². The number of rotatable bonds is 4. The van der Waals surface area contributed by atoms with Crippen LogP contribution in [0.2, 0.25) is 0 Å². The van der Waals surface area contributed by atoms with Gasteiger partial charge in [-0.05, 0) is 17.7 Å². The van der Waals surface area contributed by atoms with Crippen LogP contribution in [-0.2, 0) is 11.2 Å². The van der Waals surface area contributed by atoms with Crippen molar-refractivity contribution in [3.63, 3.8) is 0 Å². The molecule has 2 aromatic carbocycles. The van der Waals surface area contributed by atoms with Crippen LogP contribution in [0.25, 0.3) is 22.1 Å². The Bertz CT molecular complexity index is 784. The average molecular weight is 282 g/mol. The molecule has 21 heavy (non-hydrogen) atoms. The molecular formula is C17H14O4. The predicted molar refractivity (Wildman–Crippen MR) is 79.5 cm³/mol. The number of para-hydroxylation sites is 1. The maximum atomic E-state index is 10.9. The van der Waals surface area contributed by atoms with Crippen LogP contribution in [0.1, 0.15) is 5.56 Å². The lowest BCUT2D eigenvalue weighted by molar-refractivity contribution is -0.136. The third-order valence-corrected chi connectivity index (χ3v) is 3.42. The lowest BCUT2D eigenvalue weighted by atomic mass is 10.0. The Morgan fingerprint density at radius 3 is 2.62 bits per heavy atom. The topological polar surface area (TPSA) is 59.7 Å². The summed E-state index contributed by atoms with van der Waals surface area (Å²) in [5.74, 6) is -0.0805. The van der Waals surface area contributed by atoms with Gasteiger partial charge in [-0.25, -0.2) is 0 Å². The molecule has 1 heterocycles. The van der Waals surface area contributed by atoms with E-state index in [1.54, 1.807) is 19.4 Å². The van der Waals surface area contributed by atoms with Crippen LogP contribution in [-0.4, -0.2) is 18.2 Å². The highest BCUT2D eigenvalue weighted by atomic mass is 16.5. The number of ether oxygens (including phenoxy) is 1. The minimum atomic E-state index is -0.870. The van der Waals surface area contributed by atoms with Crippen molar-refractivity contribution >= 4 is 16.9 Å². The van der Waals surface area contributed by atoms with Gasteiger partial charge < -0.3 is 14.3 Å². The van der Waals surface area contributed by atoms with E-state index < -0.39 is 5.97 Å². The summed E-state index contributed by atoms with van der Waals surface area (Å²) >= 11 is 0. The number of carbonyl (C=O) groups is 1. The number of hydrogen-bond acceptors (Lipinski definition) is 3. The van der Waals surface area contributed by atoms with Crippen molar-refractivity contribution in [2.75, 3.05) is 7.11 Å². The molecule has 0 amide bonds. The van der Waals surface area contributed by atoms with Gasteiger partial charge in [-0.1, -0.05) is 30.3 Å². The summed E-state index contributed by atoms with van der Waals surface area (Å²) in [6.45, 7) is 0. The minimum Gasteiger partial charge on any atom is -0.497 e. The highest BCUT2D eigenvalue weighted by Crippen LogP contribution is 2.33. The number of benzene rings is 2. The fraction of sp³-hybridized carbons (Fsp3) is 0.118. The fourth-order valence-electron chi connectivity index (χ4n) is 2.41. The van der Waals surface area contributed by atoms with Crippen molar-refractivity contribution in [1.29, 1.82) is 0 Å². The Balaban J connectivity index is 2.09. The van der Waals surface area contributed by atoms with Crippen molar-refractivity contribution in [3.8, 4) is 16.9 Å². The van der Waals surface area contributed by atoms with E-state index in [1.165, 1.54) is 0 Å². The second kappa shape index (κ2) is 5.32. The van der Waals surface area contributed by atoms with E-state index in [1.807, 2.05) is 36.4 Å². The summed E-state index contributed by atoms with van der Waals surface area (Å²) in [5, 5.41) is 9.87. The van der Waals surface area contributed by atoms with Crippen molar-refractivity contribution in [3.05, 3.63) is 54.3 Å². The molecule has 0 spiro atoms. The summed E-state index contributed by atoms with van der Waals surface area (Å²) in [6, 6.07) is 13.2. The van der Waals surface area contributed by atoms with Gasteiger partial charge in [0.1, 0.15) is 11.3 Å². The van der Waals surface area contributed by atoms with Crippen molar-refractivity contribution in [1.82, 2.24) is 0 Å². The van der Waals surface area contributed by atoms with Crippen LogP contribution in [0.4, 0.5) is 0 Å². The monoisotopic (exact) mass is 282 g/mol. The second-order valence-corrected chi connectivity index (χ2v) is 4.74. The highest BCUT2D eigenvalue weighted by Gasteiger charge is 2.13. The van der Waals surface area contributed by atoms with Gasteiger partial charge in [-0.3, -0.25) is 4.79 Å². The van der Waals surface area contributed by atoms with E-state index in [4.69, 9.17) is 14.3 Å². The number of carboxylic acids is 1. The number of hydrogen-bond donors (Lipinski definition) is 1. The number of carboxylic acid groups (broad SMARTS) is 1. The summed E-state index contributed by atoms with van der Waals surface area (Å²) in [6.07, 6.45) is 1.62. The van der Waals surface area contributed by atoms with Crippen molar-refractivity contribution in [2.45, 2.75) is 6.42 Å². The molecule has 0 aliphatic heterocycles. The number of fused-ring (bicyclic) bond motifs is 1. The normalized spacial score (nSPS) is 10.7. The van der Waals surface area contributed by atoms with Crippen LogP contribution in [0.5, 0.6) is 5.75 Å². The molecule has 0 unspecified atom stereocenters. The molecule has 0 fully saturated rings. The number of furan rings is 1. The van der Waals surface area contributed by atoms with Gasteiger partial charge in [-0.15, -0.1) is 0 Å². The minimum absolute atomic E-state index is 0.0487. The largest absolute Gasteiger partial charge is 0.497 e. The van der Waals surface area contributed by atoms with Crippen LogP contribution in [0.3, 0.4) is 0 Å². The molecule has 1 N–H and O–H groups in total. The Morgan fingerprint density at radius 2 is 1.95 bits per heavy atom. The van der Waals surface area contributed by atoms with Crippen LogP contribution in [0.15, 0.2) is 53.1 Å². The first-order chi connectivity index (χ1) is 10.2. The smallest absolute Gasteiger partial charge is 0.307 e. The first kappa shape index (κ1) is 13.2. The summed E-state index contributed by atoms with van der Waals surface area (Å²) in [7, 11) is 1.63. The van der Waals surface area contributed by atoms with Gasteiger partial charge in [0.2, 0.25) is 0 Å². The van der Waals surface area contributed by atoms with E-state index in [0.717, 1.165) is 22.3 Å². The Hall–Kier alpha value is -2.75. The molecule has 0 aliphatic carbocycles. The van der Waals surface area contributed by atoms with Crippen LogP contribution in [0, 0.1) is 0 Å². The molecule has 106 valence electrons. The van der Waals surface area contributed by atoms with Crippen LogP contribution < -0.4 is 4.74 Å². The molecule has 0 atom stereocenters. The van der Waals surface area contributed by atoms with E-state index in [9.17, 15) is 4.79 Å². The summed E-state index contributed by atoms with van der Waals surface area (Å²) in [5.41, 5.74) is 3.26. The zero-order valence-corrected chi connectivity index (χ0v) is 11.5. The molecule has 0 radical (unpaired) electrons. The van der Waals surface area contributed by atoms with Gasteiger partial charge >= 0.3 is 5.97 Å². The second-order valence-electron chi connectivity index (χ2n) is 4.74. The molecule has 0 saturated carbocycles. The standard InChI is InChI=1S/C17H14O4/c1-20-13-7-5-11(6-8-13)15-10-21-17-12(9-16(18)19)3-2-4-14(15)17/h2-8,10H,9H2,1H3,(H,18,19). The zero-order chi connectivity index (χ0) is 14.8. The number of aliphatic carboxylic acids is 1. The Kier molecular flexibility index (Phi) is 3.36. The molecule has 3 aromatic rings. The molecule has 0 bridgehead atoms. The van der Waals surface area contributed by atoms with Gasteiger partial charge in [-0.2, -0.15) is 0 Å². The fourth-order valence-corrected chi connectivity index (χ4v) is 2.41. The van der Waals surface area contributed by atoms with Gasteiger partial charge in [0.25, 0.3) is 0 Å². The molecule has 4 nitrogen and oxygen atoms in total. The van der Waals surface area contributed by atoms with E-state index >= 15 is 0 Å². The third-order valence-electron chi connectivity index (χ3n) is 3.42. The summed E-state index contributed by atoms with van der Waals surface area (Å²) < 4.78 is 10.7. The van der Waals surface area contributed by atoms with Crippen molar-refractivity contribution in [2.24, 2.45) is 0 Å². The van der Waals surface area contributed by atoms with Gasteiger partial charge in [0.15, 0.2) is 0 Å². The molecule has 3 rings (SSSR count). The van der Waals surface area contributed by atoms with Crippen molar-refractivity contribution < 1.29 is 19.1 Å². The first-order valence-electron chi connectivity index (χ1n) is 6.54. The molecule has 1 aromatic heterocycles. The first-order valence-corrected chi connectivity index (χ1v) is 6.54. The Morgan fingerprint density at radius 1 is 1.19 bits per heavy atom. The lowest BCUT2D eigenvalue weighted by Crippen LogP contribution is -1.99. The predicted octanol–water partition coefficient (Wildman–Crippen LogP) is 3.74. The Labute approximate surface area is 121 Å². The zero-order valence-electron chi connectivity index (χ0n) is 11.5.